The Morgan fingerprint density at radius 2 is 1.29 bits per heavy atom. The number of carboxylic acids is 4. The Balaban J connectivity index is 0. The van der Waals surface area contributed by atoms with E-state index in [-0.39, 0.29) is 28.1 Å². The van der Waals surface area contributed by atoms with Gasteiger partial charge in [-0.05, 0) is 6.42 Å². The molecule has 0 aromatic heterocycles. The van der Waals surface area contributed by atoms with Gasteiger partial charge >= 0.3 is 21.7 Å². The predicted molar refractivity (Wildman–Crippen MR) is 54.7 cm³/mol. The van der Waals surface area contributed by atoms with Crippen molar-refractivity contribution in [2.75, 3.05) is 0 Å². The van der Waals surface area contributed by atoms with Gasteiger partial charge in [0.25, 0.3) is 0 Å². The van der Waals surface area contributed by atoms with Crippen molar-refractivity contribution in [3.8, 4) is 0 Å². The summed E-state index contributed by atoms with van der Waals surface area (Å²) >= 11 is 0. The van der Waals surface area contributed by atoms with Gasteiger partial charge in [0.05, 0.1) is 23.3 Å². The van der Waals surface area contributed by atoms with Crippen LogP contribution in [0, 0.1) is 11.3 Å². The van der Waals surface area contributed by atoms with Crippen molar-refractivity contribution in [3.05, 3.63) is 0 Å². The molecule has 0 rings (SSSR count). The summed E-state index contributed by atoms with van der Waals surface area (Å²) in [6.45, 7) is 1.87. The summed E-state index contributed by atoms with van der Waals surface area (Å²) in [5.41, 5.74) is -3.76. The Labute approximate surface area is 136 Å². The van der Waals surface area contributed by atoms with Crippen molar-refractivity contribution in [3.63, 3.8) is 0 Å². The number of rotatable bonds is 10. The predicted octanol–water partition coefficient (Wildman–Crippen LogP) is -4.44. The third-order valence-corrected chi connectivity index (χ3v) is 3.12. The van der Waals surface area contributed by atoms with Gasteiger partial charge in [-0.25, -0.2) is 0 Å². The monoisotopic (exact) mass is 334 g/mol. The molecule has 9 heteroatoms. The third kappa shape index (κ3) is 4.82. The number of carbonyl (C=O) groups is 4. The first-order valence-electron chi connectivity index (χ1n) is 6.08. The van der Waals surface area contributed by atoms with E-state index in [0.717, 1.165) is 6.42 Å². The van der Waals surface area contributed by atoms with Crippen LogP contribution in [0.5, 0.6) is 0 Å². The molecule has 0 amide bonds. The molecule has 0 saturated carbocycles. The summed E-state index contributed by atoms with van der Waals surface area (Å²) in [5, 5.41) is 43.6. The summed E-state index contributed by atoms with van der Waals surface area (Å²) < 4.78 is 0. The Hall–Kier alpha value is -1.41. The fourth-order valence-electron chi connectivity index (χ4n) is 1.96. The molecular formula is C12H14O8Ti. The molecule has 0 aliphatic carbocycles. The van der Waals surface area contributed by atoms with Crippen LogP contribution in [-0.4, -0.2) is 23.9 Å². The molecule has 1 atom stereocenters. The van der Waals surface area contributed by atoms with E-state index in [1.165, 1.54) is 0 Å². The molecule has 0 aliphatic heterocycles. The fraction of sp³-hybridized carbons (Fsp3) is 0.667. The molecule has 0 radical (unpaired) electrons. The zero-order chi connectivity index (χ0) is 15.9. The second kappa shape index (κ2) is 9.52. The Morgan fingerprint density at radius 3 is 1.57 bits per heavy atom. The van der Waals surface area contributed by atoms with Gasteiger partial charge in [0, 0.05) is 11.9 Å². The summed E-state index contributed by atoms with van der Waals surface area (Å²) in [4.78, 5) is 43.6. The van der Waals surface area contributed by atoms with Crippen molar-refractivity contribution in [1.82, 2.24) is 0 Å². The second-order valence-electron chi connectivity index (χ2n) is 4.39. The summed E-state index contributed by atoms with van der Waals surface area (Å²) in [6.07, 6.45) is 1.61. The molecule has 0 spiro atoms. The summed E-state index contributed by atoms with van der Waals surface area (Å²) in [7, 11) is 0. The van der Waals surface area contributed by atoms with E-state index in [9.17, 15) is 39.6 Å². The average Bonchev–Trinajstić information content (AvgIpc) is 2.31. The van der Waals surface area contributed by atoms with E-state index in [1.54, 1.807) is 0 Å². The third-order valence-electron chi connectivity index (χ3n) is 3.12. The van der Waals surface area contributed by atoms with Crippen LogP contribution in [0.15, 0.2) is 0 Å². The van der Waals surface area contributed by atoms with Gasteiger partial charge in [-0.3, -0.25) is 0 Å². The molecule has 0 N–H and O–H groups in total. The molecule has 21 heavy (non-hydrogen) atoms. The van der Waals surface area contributed by atoms with Crippen molar-refractivity contribution in [2.24, 2.45) is 11.3 Å². The molecular weight excluding hydrogens is 320 g/mol. The van der Waals surface area contributed by atoms with Crippen molar-refractivity contribution in [2.45, 2.75) is 39.0 Å². The van der Waals surface area contributed by atoms with E-state index in [0.29, 0.717) is 12.8 Å². The number of unbranched alkanes of at least 4 members (excludes halogenated alkanes) is 3. The topological polar surface area (TPSA) is 161 Å². The molecule has 114 valence electrons. The number of carboxylic acid groups (broad SMARTS) is 4. The molecule has 0 aliphatic rings. The van der Waals surface area contributed by atoms with Gasteiger partial charge in [0.1, 0.15) is 0 Å². The van der Waals surface area contributed by atoms with Gasteiger partial charge in [0.15, 0.2) is 0 Å². The van der Waals surface area contributed by atoms with Gasteiger partial charge < -0.3 is 39.6 Å². The first-order valence-corrected chi connectivity index (χ1v) is 6.08. The van der Waals surface area contributed by atoms with Gasteiger partial charge in [-0.1, -0.05) is 32.6 Å². The van der Waals surface area contributed by atoms with Crippen LogP contribution in [0.4, 0.5) is 0 Å². The molecule has 0 bridgehead atoms. The van der Waals surface area contributed by atoms with Crippen LogP contribution < -0.4 is 20.4 Å². The van der Waals surface area contributed by atoms with Crippen LogP contribution in [0.25, 0.3) is 0 Å². The molecule has 0 aromatic rings. The van der Waals surface area contributed by atoms with E-state index in [4.69, 9.17) is 0 Å². The minimum absolute atomic E-state index is 0. The van der Waals surface area contributed by atoms with Gasteiger partial charge in [-0.15, -0.1) is 0 Å². The van der Waals surface area contributed by atoms with Crippen molar-refractivity contribution < 1.29 is 61.3 Å². The SMILES string of the molecule is CCCCCCC(C(=O)[O-])C(C(=O)[O-])(C(=O)[O-])C(=O)[O-].[Ti+4]. The largest absolute Gasteiger partial charge is 4.00 e. The first kappa shape index (κ1) is 21.9. The van der Waals surface area contributed by atoms with E-state index >= 15 is 0 Å². The van der Waals surface area contributed by atoms with Crippen LogP contribution in [-0.2, 0) is 40.9 Å². The zero-order valence-corrected chi connectivity index (χ0v) is 12.9. The average molecular weight is 334 g/mol. The minimum Gasteiger partial charge on any atom is -0.550 e. The maximum atomic E-state index is 10.9. The molecule has 0 saturated heterocycles. The zero-order valence-electron chi connectivity index (χ0n) is 11.4. The normalized spacial score (nSPS) is 12.0. The molecule has 1 unspecified atom stereocenters. The van der Waals surface area contributed by atoms with Crippen molar-refractivity contribution >= 4 is 23.9 Å². The second-order valence-corrected chi connectivity index (χ2v) is 4.39. The smallest absolute Gasteiger partial charge is 0.550 e. The summed E-state index contributed by atoms with van der Waals surface area (Å²) in [5.74, 6) is -12.2. The Morgan fingerprint density at radius 1 is 0.857 bits per heavy atom. The van der Waals surface area contributed by atoms with Crippen LogP contribution in [0.1, 0.15) is 39.0 Å². The Bertz CT molecular complexity index is 370. The van der Waals surface area contributed by atoms with Crippen LogP contribution >= 0.6 is 0 Å². The van der Waals surface area contributed by atoms with E-state index in [1.807, 2.05) is 6.92 Å². The Kier molecular flexibility index (Phi) is 9.92. The molecule has 8 nitrogen and oxygen atoms in total. The molecule has 0 aromatic carbocycles. The van der Waals surface area contributed by atoms with Crippen molar-refractivity contribution in [1.29, 1.82) is 0 Å². The summed E-state index contributed by atoms with van der Waals surface area (Å²) in [6, 6.07) is 0. The standard InChI is InChI=1S/C12H18O8.Ti/c1-2-3-4-5-6-7(8(13)14)12(9(15)16,10(17)18)11(19)20;/h7H,2-6H2,1H3,(H,13,14)(H,15,16)(H,17,18)(H,19,20);/q;+4/p-4. The maximum absolute atomic E-state index is 10.9. The van der Waals surface area contributed by atoms with Crippen LogP contribution in [0.2, 0.25) is 0 Å². The first-order chi connectivity index (χ1) is 9.22. The number of aliphatic carboxylic acids is 4. The number of carbonyl (C=O) groups excluding carboxylic acids is 4. The number of hydrogen-bond acceptors (Lipinski definition) is 8. The maximum Gasteiger partial charge on any atom is 4.00 e. The van der Waals surface area contributed by atoms with Gasteiger partial charge in [0.2, 0.25) is 0 Å². The minimum atomic E-state index is -3.76. The van der Waals surface area contributed by atoms with E-state index in [2.05, 4.69) is 0 Å². The van der Waals surface area contributed by atoms with Gasteiger partial charge in [-0.2, -0.15) is 0 Å². The van der Waals surface area contributed by atoms with Crippen LogP contribution in [0.3, 0.4) is 0 Å². The molecule has 0 heterocycles. The fourth-order valence-corrected chi connectivity index (χ4v) is 1.96. The quantitative estimate of drug-likeness (QED) is 0.220. The molecule has 0 fully saturated rings. The van der Waals surface area contributed by atoms with E-state index < -0.39 is 41.6 Å². The number of hydrogen-bond donors (Lipinski definition) is 0.